The Kier molecular flexibility index (Phi) is 7.62. The number of thiophene rings is 1. The predicted molar refractivity (Wildman–Crippen MR) is 104 cm³/mol. The van der Waals surface area contributed by atoms with Gasteiger partial charge in [-0.15, -0.1) is 11.3 Å². The van der Waals surface area contributed by atoms with Crippen molar-refractivity contribution in [3.05, 3.63) is 58.3 Å². The summed E-state index contributed by atoms with van der Waals surface area (Å²) >= 11 is 1.74. The van der Waals surface area contributed by atoms with Crippen molar-refractivity contribution in [1.82, 2.24) is 5.32 Å². The normalized spacial score (nSPS) is 12.8. The van der Waals surface area contributed by atoms with E-state index in [1.165, 1.54) is 10.4 Å². The van der Waals surface area contributed by atoms with Crippen molar-refractivity contribution in [1.29, 1.82) is 0 Å². The molecule has 0 unspecified atom stereocenters. The van der Waals surface area contributed by atoms with Gasteiger partial charge in [0.05, 0.1) is 17.0 Å². The number of quaternary nitrogens is 2. The number of hydrogen-bond donors (Lipinski definition) is 3. The van der Waals surface area contributed by atoms with Crippen LogP contribution in [0, 0.1) is 0 Å². The maximum absolute atomic E-state index is 12.2. The SMILES string of the molecule is CC(C)(C)[NH2+]CCCNC(=O)C[NH2+][C@H](c1ccccc1)c1cccs1. The number of carbonyl (C=O) groups excluding carboxylic acids is 1. The van der Waals surface area contributed by atoms with Gasteiger partial charge in [0, 0.05) is 18.5 Å². The minimum Gasteiger partial charge on any atom is -0.351 e. The van der Waals surface area contributed by atoms with Crippen molar-refractivity contribution < 1.29 is 15.4 Å². The third-order valence-electron chi connectivity index (χ3n) is 4.01. The Balaban J connectivity index is 1.78. The fraction of sp³-hybridized carbons (Fsp3) is 0.450. The average Bonchev–Trinajstić information content (AvgIpc) is 3.09. The Bertz CT molecular complexity index is 620. The minimum absolute atomic E-state index is 0.105. The zero-order valence-corrected chi connectivity index (χ0v) is 16.3. The number of carbonyl (C=O) groups is 1. The summed E-state index contributed by atoms with van der Waals surface area (Å²) in [6, 6.07) is 14.8. The van der Waals surface area contributed by atoms with Crippen LogP contribution in [0.2, 0.25) is 0 Å². The number of rotatable bonds is 9. The first kappa shape index (κ1) is 19.6. The Morgan fingerprint density at radius 2 is 1.92 bits per heavy atom. The standard InChI is InChI=1S/C20H29N3OS/c1-20(2,3)23-13-8-12-21-18(24)15-22-19(17-11-7-14-25-17)16-9-5-4-6-10-16/h4-7,9-11,14,19,22-23H,8,12-13,15H2,1-3H3,(H,21,24)/p+2/t19-/m1/s1. The second-order valence-corrected chi connectivity index (χ2v) is 8.39. The molecule has 0 saturated heterocycles. The van der Waals surface area contributed by atoms with Gasteiger partial charge in [-0.3, -0.25) is 4.79 Å². The van der Waals surface area contributed by atoms with Gasteiger partial charge in [0.2, 0.25) is 0 Å². The summed E-state index contributed by atoms with van der Waals surface area (Å²) in [5.74, 6) is 0.105. The molecule has 1 aromatic carbocycles. The first-order valence-electron chi connectivity index (χ1n) is 8.98. The van der Waals surface area contributed by atoms with Crippen LogP contribution in [0.1, 0.15) is 43.7 Å². The zero-order valence-electron chi connectivity index (χ0n) is 15.5. The number of benzene rings is 1. The smallest absolute Gasteiger partial charge is 0.275 e. The molecule has 0 aliphatic rings. The van der Waals surface area contributed by atoms with Gasteiger partial charge in [-0.05, 0) is 32.2 Å². The van der Waals surface area contributed by atoms with Crippen molar-refractivity contribution in [2.24, 2.45) is 0 Å². The second-order valence-electron chi connectivity index (χ2n) is 7.41. The van der Waals surface area contributed by atoms with E-state index in [1.54, 1.807) is 11.3 Å². The predicted octanol–water partition coefficient (Wildman–Crippen LogP) is 1.27. The third kappa shape index (κ3) is 7.38. The van der Waals surface area contributed by atoms with Gasteiger partial charge in [0.25, 0.3) is 5.91 Å². The van der Waals surface area contributed by atoms with Crippen LogP contribution in [0.15, 0.2) is 47.8 Å². The largest absolute Gasteiger partial charge is 0.351 e. The van der Waals surface area contributed by atoms with Crippen LogP contribution in [0.25, 0.3) is 0 Å². The van der Waals surface area contributed by atoms with E-state index in [1.807, 2.05) is 6.07 Å². The number of nitrogens with one attached hydrogen (secondary N) is 1. The van der Waals surface area contributed by atoms with Gasteiger partial charge in [0.1, 0.15) is 6.04 Å². The molecule has 1 atom stereocenters. The number of amides is 1. The van der Waals surface area contributed by atoms with Gasteiger partial charge in [-0.25, -0.2) is 0 Å². The van der Waals surface area contributed by atoms with Gasteiger partial charge >= 0.3 is 0 Å². The first-order chi connectivity index (χ1) is 12.0. The lowest BCUT2D eigenvalue weighted by Crippen LogP contribution is -2.94. The summed E-state index contributed by atoms with van der Waals surface area (Å²) in [6.07, 6.45) is 0.996. The molecule has 5 heteroatoms. The van der Waals surface area contributed by atoms with E-state index in [-0.39, 0.29) is 17.5 Å². The van der Waals surface area contributed by atoms with Gasteiger partial charge in [-0.2, -0.15) is 0 Å². The zero-order chi connectivity index (χ0) is 18.1. The van der Waals surface area contributed by atoms with Crippen LogP contribution in [0.4, 0.5) is 0 Å². The fourth-order valence-corrected chi connectivity index (χ4v) is 3.56. The Labute approximate surface area is 155 Å². The van der Waals surface area contributed by atoms with Gasteiger partial charge in [0.15, 0.2) is 6.54 Å². The van der Waals surface area contributed by atoms with Crippen LogP contribution in [-0.2, 0) is 4.79 Å². The van der Waals surface area contributed by atoms with Crippen LogP contribution in [0.3, 0.4) is 0 Å². The number of hydrogen-bond acceptors (Lipinski definition) is 2. The van der Waals surface area contributed by atoms with Crippen LogP contribution < -0.4 is 16.0 Å². The molecule has 1 heterocycles. The molecule has 1 amide bonds. The minimum atomic E-state index is 0.105. The molecule has 4 nitrogen and oxygen atoms in total. The van der Waals surface area contributed by atoms with Gasteiger partial charge in [-0.1, -0.05) is 36.4 Å². The maximum atomic E-state index is 12.2. The summed E-state index contributed by atoms with van der Waals surface area (Å²) < 4.78 is 0. The lowest BCUT2D eigenvalue weighted by molar-refractivity contribution is -0.717. The molecule has 0 bridgehead atoms. The monoisotopic (exact) mass is 361 g/mol. The van der Waals surface area contributed by atoms with Gasteiger partial charge < -0.3 is 16.0 Å². The van der Waals surface area contributed by atoms with E-state index >= 15 is 0 Å². The molecule has 0 radical (unpaired) electrons. The quantitative estimate of drug-likeness (QED) is 0.579. The Hall–Kier alpha value is -1.69. The van der Waals surface area contributed by atoms with Crippen molar-refractivity contribution in [3.63, 3.8) is 0 Å². The van der Waals surface area contributed by atoms with Crippen LogP contribution in [-0.4, -0.2) is 31.1 Å². The van der Waals surface area contributed by atoms with E-state index in [9.17, 15) is 4.79 Å². The summed E-state index contributed by atoms with van der Waals surface area (Å²) in [4.78, 5) is 13.4. The number of nitrogens with two attached hydrogens (primary N) is 2. The molecule has 0 spiro atoms. The first-order valence-corrected chi connectivity index (χ1v) is 9.86. The summed E-state index contributed by atoms with van der Waals surface area (Å²) in [5, 5.41) is 9.56. The van der Waals surface area contributed by atoms with Crippen LogP contribution in [0.5, 0.6) is 0 Å². The van der Waals surface area contributed by atoms with E-state index in [0.29, 0.717) is 6.54 Å². The lowest BCUT2D eigenvalue weighted by Gasteiger charge is -2.17. The molecule has 0 aliphatic heterocycles. The molecule has 0 aliphatic carbocycles. The summed E-state index contributed by atoms with van der Waals surface area (Å²) in [7, 11) is 0. The molecule has 2 aromatic rings. The Morgan fingerprint density at radius 3 is 2.56 bits per heavy atom. The lowest BCUT2D eigenvalue weighted by atomic mass is 10.1. The van der Waals surface area contributed by atoms with Crippen molar-refractivity contribution in [2.45, 2.75) is 38.8 Å². The highest BCUT2D eigenvalue weighted by Crippen LogP contribution is 2.22. The molecule has 0 fully saturated rings. The highest BCUT2D eigenvalue weighted by molar-refractivity contribution is 7.10. The third-order valence-corrected chi connectivity index (χ3v) is 4.96. The molecule has 136 valence electrons. The topological polar surface area (TPSA) is 62.3 Å². The summed E-state index contributed by atoms with van der Waals surface area (Å²) in [6.45, 7) is 8.84. The maximum Gasteiger partial charge on any atom is 0.275 e. The molecule has 1 aromatic heterocycles. The average molecular weight is 362 g/mol. The van der Waals surface area contributed by atoms with E-state index in [2.05, 4.69) is 78.5 Å². The molecule has 5 N–H and O–H groups in total. The van der Waals surface area contributed by atoms with Crippen LogP contribution >= 0.6 is 11.3 Å². The molecule has 0 saturated carbocycles. The fourth-order valence-electron chi connectivity index (χ4n) is 2.71. The summed E-state index contributed by atoms with van der Waals surface area (Å²) in [5.41, 5.74) is 1.49. The Morgan fingerprint density at radius 1 is 1.16 bits per heavy atom. The van der Waals surface area contributed by atoms with E-state index in [0.717, 1.165) is 19.5 Å². The van der Waals surface area contributed by atoms with Crippen molar-refractivity contribution >= 4 is 17.2 Å². The molecular weight excluding hydrogens is 330 g/mol. The highest BCUT2D eigenvalue weighted by atomic mass is 32.1. The second kappa shape index (κ2) is 9.70. The van der Waals surface area contributed by atoms with E-state index in [4.69, 9.17) is 0 Å². The van der Waals surface area contributed by atoms with Crippen molar-refractivity contribution in [2.75, 3.05) is 19.6 Å². The molecular formula is C20H31N3OS+2. The highest BCUT2D eigenvalue weighted by Gasteiger charge is 2.19. The molecule has 25 heavy (non-hydrogen) atoms. The van der Waals surface area contributed by atoms with E-state index < -0.39 is 0 Å². The molecule has 2 rings (SSSR count). The van der Waals surface area contributed by atoms with Crippen molar-refractivity contribution in [3.8, 4) is 0 Å².